The van der Waals surface area contributed by atoms with Crippen LogP contribution in [0.3, 0.4) is 0 Å². The highest BCUT2D eigenvalue weighted by Crippen LogP contribution is 2.27. The molecule has 1 aliphatic rings. The van der Waals surface area contributed by atoms with Gasteiger partial charge in [-0.3, -0.25) is 4.90 Å². The third kappa shape index (κ3) is 5.36. The largest absolute Gasteiger partial charge is 0.294 e. The molecule has 0 saturated carbocycles. The Morgan fingerprint density at radius 3 is 2.57 bits per heavy atom. The minimum absolute atomic E-state index is 0.176. The standard InChI is InChI=1S/C15H26N2O2S2/c1-2-12-21(18,19)16-13-14(15-8-7-11-20-15)17-9-5-3-4-6-10-17/h7-8,11,14,16H,2-6,9-10,12-13H2,1H3. The normalized spacial score (nSPS) is 19.3. The molecule has 1 N–H and O–H groups in total. The van der Waals surface area contributed by atoms with Crippen LogP contribution >= 0.6 is 11.3 Å². The lowest BCUT2D eigenvalue weighted by Gasteiger charge is -2.30. The molecule has 1 unspecified atom stereocenters. The quantitative estimate of drug-likeness (QED) is 0.836. The van der Waals surface area contributed by atoms with E-state index < -0.39 is 10.0 Å². The molecule has 0 spiro atoms. The SMILES string of the molecule is CCCS(=O)(=O)NCC(c1cccs1)N1CCCCCC1. The summed E-state index contributed by atoms with van der Waals surface area (Å²) in [7, 11) is -3.14. The van der Waals surface area contributed by atoms with Gasteiger partial charge in [-0.15, -0.1) is 11.3 Å². The van der Waals surface area contributed by atoms with Crippen LogP contribution in [0.4, 0.5) is 0 Å². The summed E-state index contributed by atoms with van der Waals surface area (Å²) in [5, 5.41) is 2.07. The van der Waals surface area contributed by atoms with Gasteiger partial charge in [-0.05, 0) is 43.8 Å². The lowest BCUT2D eigenvalue weighted by atomic mass is 10.2. The average molecular weight is 331 g/mol. The molecule has 21 heavy (non-hydrogen) atoms. The van der Waals surface area contributed by atoms with Crippen molar-refractivity contribution in [3.05, 3.63) is 22.4 Å². The zero-order chi connectivity index (χ0) is 15.1. The predicted molar refractivity (Wildman–Crippen MR) is 89.2 cm³/mol. The molecule has 1 saturated heterocycles. The van der Waals surface area contributed by atoms with Gasteiger partial charge in [0.2, 0.25) is 10.0 Å². The minimum atomic E-state index is -3.14. The molecule has 0 amide bonds. The number of hydrogen-bond donors (Lipinski definition) is 1. The van der Waals surface area contributed by atoms with E-state index in [-0.39, 0.29) is 11.8 Å². The van der Waals surface area contributed by atoms with Crippen molar-refractivity contribution in [1.82, 2.24) is 9.62 Å². The van der Waals surface area contributed by atoms with Gasteiger partial charge in [0.05, 0.1) is 11.8 Å². The second-order valence-electron chi connectivity index (χ2n) is 5.65. The van der Waals surface area contributed by atoms with Crippen molar-refractivity contribution in [3.8, 4) is 0 Å². The Balaban J connectivity index is 2.06. The van der Waals surface area contributed by atoms with E-state index in [0.29, 0.717) is 13.0 Å². The van der Waals surface area contributed by atoms with Crippen LogP contribution in [0.15, 0.2) is 17.5 Å². The van der Waals surface area contributed by atoms with Crippen molar-refractivity contribution in [1.29, 1.82) is 0 Å². The van der Waals surface area contributed by atoms with Gasteiger partial charge >= 0.3 is 0 Å². The monoisotopic (exact) mass is 330 g/mol. The number of likely N-dealkylation sites (tertiary alicyclic amines) is 1. The first-order valence-corrected chi connectivity index (χ1v) is 10.4. The van der Waals surface area contributed by atoms with Gasteiger partial charge in [0.25, 0.3) is 0 Å². The van der Waals surface area contributed by atoms with E-state index in [1.165, 1.54) is 30.6 Å². The van der Waals surface area contributed by atoms with Crippen LogP contribution in [0.25, 0.3) is 0 Å². The van der Waals surface area contributed by atoms with Gasteiger partial charge in [0, 0.05) is 11.4 Å². The minimum Gasteiger partial charge on any atom is -0.294 e. The van der Waals surface area contributed by atoms with Crippen LogP contribution in [-0.4, -0.2) is 38.7 Å². The summed E-state index contributed by atoms with van der Waals surface area (Å²) in [6.45, 7) is 4.52. The summed E-state index contributed by atoms with van der Waals surface area (Å²) < 4.78 is 26.7. The molecule has 0 aromatic carbocycles. The molecule has 0 aliphatic carbocycles. The third-order valence-electron chi connectivity index (χ3n) is 3.92. The molecule has 0 bridgehead atoms. The first kappa shape index (κ1) is 16.9. The summed E-state index contributed by atoms with van der Waals surface area (Å²) >= 11 is 1.72. The Kier molecular flexibility index (Phi) is 6.67. The van der Waals surface area contributed by atoms with Crippen molar-refractivity contribution < 1.29 is 8.42 Å². The topological polar surface area (TPSA) is 49.4 Å². The van der Waals surface area contributed by atoms with Gasteiger partial charge in [0.1, 0.15) is 0 Å². The first-order valence-electron chi connectivity index (χ1n) is 7.87. The molecule has 1 atom stereocenters. The third-order valence-corrected chi connectivity index (χ3v) is 6.45. The molecule has 2 rings (SSSR count). The lowest BCUT2D eigenvalue weighted by molar-refractivity contribution is 0.209. The van der Waals surface area contributed by atoms with Gasteiger partial charge in [-0.1, -0.05) is 25.8 Å². The van der Waals surface area contributed by atoms with E-state index >= 15 is 0 Å². The number of nitrogens with one attached hydrogen (secondary N) is 1. The summed E-state index contributed by atoms with van der Waals surface area (Å²) in [5.41, 5.74) is 0. The van der Waals surface area contributed by atoms with Crippen LogP contribution < -0.4 is 4.72 Å². The Morgan fingerprint density at radius 1 is 1.29 bits per heavy atom. The maximum Gasteiger partial charge on any atom is 0.211 e. The van der Waals surface area contributed by atoms with Crippen LogP contribution in [0.5, 0.6) is 0 Å². The molecule has 4 nitrogen and oxygen atoms in total. The van der Waals surface area contributed by atoms with Crippen molar-refractivity contribution >= 4 is 21.4 Å². The van der Waals surface area contributed by atoms with Gasteiger partial charge in [-0.25, -0.2) is 13.1 Å². The molecule has 1 aromatic rings. The fourth-order valence-electron chi connectivity index (χ4n) is 2.84. The number of sulfonamides is 1. The smallest absolute Gasteiger partial charge is 0.211 e. The van der Waals surface area contributed by atoms with Crippen LogP contribution in [0.1, 0.15) is 49.9 Å². The Morgan fingerprint density at radius 2 is 2.00 bits per heavy atom. The number of hydrogen-bond acceptors (Lipinski definition) is 4. The second-order valence-corrected chi connectivity index (χ2v) is 8.55. The summed E-state index contributed by atoms with van der Waals surface area (Å²) in [6, 6.07) is 4.34. The fourth-order valence-corrected chi connectivity index (χ4v) is 4.80. The van der Waals surface area contributed by atoms with Crippen molar-refractivity contribution in [2.45, 2.75) is 45.1 Å². The molecule has 2 heterocycles. The zero-order valence-electron chi connectivity index (χ0n) is 12.8. The first-order chi connectivity index (χ1) is 10.1. The van der Waals surface area contributed by atoms with Crippen LogP contribution in [0.2, 0.25) is 0 Å². The number of rotatable bonds is 7. The Hall–Kier alpha value is -0.430. The highest BCUT2D eigenvalue weighted by molar-refractivity contribution is 7.89. The van der Waals surface area contributed by atoms with E-state index in [4.69, 9.17) is 0 Å². The molecular formula is C15H26N2O2S2. The van der Waals surface area contributed by atoms with E-state index in [1.54, 1.807) is 11.3 Å². The molecule has 0 radical (unpaired) electrons. The zero-order valence-corrected chi connectivity index (χ0v) is 14.4. The van der Waals surface area contributed by atoms with E-state index in [0.717, 1.165) is 13.1 Å². The fraction of sp³-hybridized carbons (Fsp3) is 0.733. The van der Waals surface area contributed by atoms with Crippen LogP contribution in [-0.2, 0) is 10.0 Å². The molecule has 1 fully saturated rings. The summed E-state index contributed by atoms with van der Waals surface area (Å²) in [5.74, 6) is 0.212. The molecule has 1 aliphatic heterocycles. The maximum absolute atomic E-state index is 11.9. The molecule has 6 heteroatoms. The van der Waals surface area contributed by atoms with Gasteiger partial charge in [0.15, 0.2) is 0 Å². The predicted octanol–water partition coefficient (Wildman–Crippen LogP) is 2.99. The summed E-state index contributed by atoms with van der Waals surface area (Å²) in [6.07, 6.45) is 5.65. The van der Waals surface area contributed by atoms with Gasteiger partial charge < -0.3 is 0 Å². The van der Waals surface area contributed by atoms with E-state index in [1.807, 2.05) is 13.0 Å². The number of thiophene rings is 1. The second kappa shape index (κ2) is 8.27. The molecule has 1 aromatic heterocycles. The highest BCUT2D eigenvalue weighted by atomic mass is 32.2. The Bertz CT molecular complexity index is 492. The summed E-state index contributed by atoms with van der Waals surface area (Å²) in [4.78, 5) is 3.71. The van der Waals surface area contributed by atoms with Crippen molar-refractivity contribution in [3.63, 3.8) is 0 Å². The number of nitrogens with zero attached hydrogens (tertiary/aromatic N) is 1. The average Bonchev–Trinajstić information content (AvgIpc) is 2.82. The van der Waals surface area contributed by atoms with Crippen LogP contribution in [0, 0.1) is 0 Å². The van der Waals surface area contributed by atoms with Gasteiger partial charge in [-0.2, -0.15) is 0 Å². The Labute approximate surface area is 132 Å². The highest BCUT2D eigenvalue weighted by Gasteiger charge is 2.23. The van der Waals surface area contributed by atoms with E-state index in [9.17, 15) is 8.42 Å². The van der Waals surface area contributed by atoms with Crippen molar-refractivity contribution in [2.75, 3.05) is 25.4 Å². The van der Waals surface area contributed by atoms with Crippen molar-refractivity contribution in [2.24, 2.45) is 0 Å². The molecule has 120 valence electrons. The maximum atomic E-state index is 11.9. The molecular weight excluding hydrogens is 304 g/mol. The lowest BCUT2D eigenvalue weighted by Crippen LogP contribution is -2.39. The van der Waals surface area contributed by atoms with E-state index in [2.05, 4.69) is 21.1 Å².